The Labute approximate surface area is 226 Å². The second-order valence-corrected chi connectivity index (χ2v) is 9.45. The van der Waals surface area contributed by atoms with Gasteiger partial charge in [0, 0.05) is 6.07 Å². The summed E-state index contributed by atoms with van der Waals surface area (Å²) in [5, 5.41) is 26.7. The van der Waals surface area contributed by atoms with E-state index in [1.807, 2.05) is 13.0 Å². The molecule has 194 valence electrons. The lowest BCUT2D eigenvalue weighted by Gasteiger charge is -2.09. The number of nitrogens with zero attached hydrogens (tertiary/aromatic N) is 5. The Morgan fingerprint density at radius 3 is 2.53 bits per heavy atom. The van der Waals surface area contributed by atoms with Crippen molar-refractivity contribution >= 4 is 46.6 Å². The Morgan fingerprint density at radius 2 is 1.84 bits per heavy atom. The average Bonchev–Trinajstić information content (AvgIpc) is 3.36. The van der Waals surface area contributed by atoms with Gasteiger partial charge in [-0.1, -0.05) is 59.8 Å². The number of halogens is 1. The van der Waals surface area contributed by atoms with Crippen LogP contribution < -0.4 is 5.32 Å². The van der Waals surface area contributed by atoms with Crippen molar-refractivity contribution in [1.82, 2.24) is 20.2 Å². The molecule has 0 saturated heterocycles. The fourth-order valence-corrected chi connectivity index (χ4v) is 4.54. The molecule has 1 heterocycles. The number of nitro benzene ring substituents is 1. The first-order chi connectivity index (χ1) is 18.2. The van der Waals surface area contributed by atoms with Gasteiger partial charge in [0.25, 0.3) is 5.69 Å². The second-order valence-electron chi connectivity index (χ2n) is 8.10. The largest absolute Gasteiger partial charge is 0.469 e. The minimum Gasteiger partial charge on any atom is -0.469 e. The van der Waals surface area contributed by atoms with Crippen LogP contribution in [0, 0.1) is 17.0 Å². The molecule has 1 amide bonds. The van der Waals surface area contributed by atoms with E-state index < -0.39 is 10.8 Å². The van der Waals surface area contributed by atoms with Crippen LogP contribution in [0.1, 0.15) is 11.1 Å². The molecule has 0 spiro atoms. The van der Waals surface area contributed by atoms with E-state index in [0.29, 0.717) is 21.4 Å². The average molecular weight is 553 g/mol. The summed E-state index contributed by atoms with van der Waals surface area (Å²) in [6.45, 7) is 1.91. The number of anilines is 1. The normalized spacial score (nSPS) is 10.7. The van der Waals surface area contributed by atoms with Gasteiger partial charge in [0.2, 0.25) is 11.1 Å². The molecule has 4 rings (SSSR count). The van der Waals surface area contributed by atoms with Gasteiger partial charge in [-0.25, -0.2) is 0 Å². The van der Waals surface area contributed by atoms with Gasteiger partial charge in [-0.15, -0.1) is 5.10 Å². The zero-order valence-corrected chi connectivity index (χ0v) is 21.8. The highest BCUT2D eigenvalue weighted by Gasteiger charge is 2.19. The van der Waals surface area contributed by atoms with Crippen LogP contribution in [-0.2, 0) is 20.7 Å². The molecular formula is C25H21ClN6O5S. The molecule has 1 aromatic heterocycles. The number of ether oxygens (including phenoxy) is 1. The van der Waals surface area contributed by atoms with E-state index in [0.717, 1.165) is 28.5 Å². The van der Waals surface area contributed by atoms with Crippen LogP contribution >= 0.6 is 23.4 Å². The number of rotatable bonds is 9. The maximum atomic E-state index is 12.7. The molecule has 13 heteroatoms. The number of aryl methyl sites for hydroxylation is 1. The SMILES string of the molecule is COC(=O)Cc1ccc(-c2ccc(NC(=O)CSc3nnnn3-c3ccc(C)cc3Cl)c([N+](=O)[O-])c2)cc1. The molecule has 0 atom stereocenters. The summed E-state index contributed by atoms with van der Waals surface area (Å²) < 4.78 is 6.09. The predicted molar refractivity (Wildman–Crippen MR) is 143 cm³/mol. The number of aromatic nitrogens is 4. The number of carbonyl (C=O) groups excluding carboxylic acids is 2. The van der Waals surface area contributed by atoms with Gasteiger partial charge in [0.1, 0.15) is 5.69 Å². The molecule has 38 heavy (non-hydrogen) atoms. The van der Waals surface area contributed by atoms with E-state index in [1.54, 1.807) is 42.5 Å². The number of methoxy groups -OCH3 is 1. The molecule has 1 N–H and O–H groups in total. The summed E-state index contributed by atoms with van der Waals surface area (Å²) in [6.07, 6.45) is 0.129. The smallest absolute Gasteiger partial charge is 0.309 e. The lowest BCUT2D eigenvalue weighted by molar-refractivity contribution is -0.383. The maximum absolute atomic E-state index is 12.7. The van der Waals surface area contributed by atoms with E-state index in [9.17, 15) is 19.7 Å². The topological polar surface area (TPSA) is 142 Å². The van der Waals surface area contributed by atoms with Crippen molar-refractivity contribution < 1.29 is 19.2 Å². The molecule has 0 saturated carbocycles. The van der Waals surface area contributed by atoms with E-state index >= 15 is 0 Å². The number of benzene rings is 3. The molecule has 0 unspecified atom stereocenters. The molecule has 0 fully saturated rings. The monoisotopic (exact) mass is 552 g/mol. The molecule has 11 nitrogen and oxygen atoms in total. The third kappa shape index (κ3) is 6.33. The predicted octanol–water partition coefficient (Wildman–Crippen LogP) is 4.65. The Balaban J connectivity index is 1.45. The Hall–Kier alpha value is -4.29. The van der Waals surface area contributed by atoms with Crippen LogP contribution in [0.4, 0.5) is 11.4 Å². The van der Waals surface area contributed by atoms with Crippen molar-refractivity contribution in [1.29, 1.82) is 0 Å². The zero-order valence-electron chi connectivity index (χ0n) is 20.3. The number of thioether (sulfide) groups is 1. The van der Waals surface area contributed by atoms with Crippen molar-refractivity contribution in [3.05, 3.63) is 86.9 Å². The highest BCUT2D eigenvalue weighted by atomic mass is 35.5. The van der Waals surface area contributed by atoms with E-state index in [2.05, 4.69) is 25.6 Å². The third-order valence-electron chi connectivity index (χ3n) is 5.44. The van der Waals surface area contributed by atoms with Gasteiger partial charge in [0.05, 0.1) is 34.9 Å². The first-order valence-corrected chi connectivity index (χ1v) is 12.5. The molecule has 3 aromatic carbocycles. The van der Waals surface area contributed by atoms with Crippen molar-refractivity contribution in [3.63, 3.8) is 0 Å². The maximum Gasteiger partial charge on any atom is 0.309 e. The van der Waals surface area contributed by atoms with Gasteiger partial charge >= 0.3 is 5.97 Å². The van der Waals surface area contributed by atoms with Crippen molar-refractivity contribution in [2.24, 2.45) is 0 Å². The van der Waals surface area contributed by atoms with Crippen LogP contribution in [-0.4, -0.2) is 49.9 Å². The first kappa shape index (κ1) is 26.8. The summed E-state index contributed by atoms with van der Waals surface area (Å²) >= 11 is 7.38. The van der Waals surface area contributed by atoms with Crippen LogP contribution in [0.5, 0.6) is 0 Å². The molecule has 0 bridgehead atoms. The molecule has 0 aliphatic rings. The molecule has 0 aliphatic carbocycles. The number of hydrogen-bond donors (Lipinski definition) is 1. The highest BCUT2D eigenvalue weighted by Crippen LogP contribution is 2.31. The number of tetrazole rings is 1. The number of nitrogens with one attached hydrogen (secondary N) is 1. The van der Waals surface area contributed by atoms with E-state index in [-0.39, 0.29) is 29.5 Å². The molecular weight excluding hydrogens is 532 g/mol. The summed E-state index contributed by atoms with van der Waals surface area (Å²) in [4.78, 5) is 35.3. The standard InChI is InChI=1S/C25H21ClN6O5S/c1-15-3-10-21(19(26)11-15)31-25(28-29-30-31)38-14-23(33)27-20-9-8-18(13-22(20)32(35)36)17-6-4-16(5-7-17)12-24(34)37-2/h3-11,13H,12,14H2,1-2H3,(H,27,33). The quantitative estimate of drug-likeness (QED) is 0.136. The molecule has 0 radical (unpaired) electrons. The van der Waals surface area contributed by atoms with Gasteiger partial charge < -0.3 is 10.1 Å². The molecule has 4 aromatic rings. The van der Waals surface area contributed by atoms with E-state index in [4.69, 9.17) is 11.6 Å². The Kier molecular flexibility index (Phi) is 8.34. The van der Waals surface area contributed by atoms with Gasteiger partial charge in [0.15, 0.2) is 0 Å². The highest BCUT2D eigenvalue weighted by molar-refractivity contribution is 7.99. The number of amides is 1. The summed E-state index contributed by atoms with van der Waals surface area (Å²) in [5.41, 5.74) is 3.41. The van der Waals surface area contributed by atoms with Gasteiger partial charge in [-0.05, 0) is 57.8 Å². The van der Waals surface area contributed by atoms with Crippen molar-refractivity contribution in [2.45, 2.75) is 18.5 Å². The summed E-state index contributed by atoms with van der Waals surface area (Å²) in [5.74, 6) is -0.922. The van der Waals surface area contributed by atoms with Crippen LogP contribution in [0.25, 0.3) is 16.8 Å². The number of nitro groups is 1. The molecule has 0 aliphatic heterocycles. The van der Waals surface area contributed by atoms with Crippen LogP contribution in [0.3, 0.4) is 0 Å². The lowest BCUT2D eigenvalue weighted by Crippen LogP contribution is -2.15. The minimum atomic E-state index is -0.558. The van der Waals surface area contributed by atoms with Crippen molar-refractivity contribution in [3.8, 4) is 16.8 Å². The summed E-state index contributed by atoms with van der Waals surface area (Å²) in [6, 6.07) is 17.0. The summed E-state index contributed by atoms with van der Waals surface area (Å²) in [7, 11) is 1.32. The van der Waals surface area contributed by atoms with E-state index in [1.165, 1.54) is 23.9 Å². The first-order valence-electron chi connectivity index (χ1n) is 11.2. The fraction of sp³-hybridized carbons (Fsp3) is 0.160. The van der Waals surface area contributed by atoms with Gasteiger partial charge in [-0.3, -0.25) is 19.7 Å². The lowest BCUT2D eigenvalue weighted by atomic mass is 10.0. The van der Waals surface area contributed by atoms with Crippen LogP contribution in [0.15, 0.2) is 65.8 Å². The van der Waals surface area contributed by atoms with Gasteiger partial charge in [-0.2, -0.15) is 4.68 Å². The second kappa shape index (κ2) is 11.8. The Morgan fingerprint density at radius 1 is 1.11 bits per heavy atom. The van der Waals surface area contributed by atoms with Crippen LogP contribution in [0.2, 0.25) is 5.02 Å². The third-order valence-corrected chi connectivity index (χ3v) is 6.66. The number of hydrogen-bond acceptors (Lipinski definition) is 9. The number of esters is 1. The Bertz CT molecular complexity index is 1510. The zero-order chi connectivity index (χ0) is 27.2. The fourth-order valence-electron chi connectivity index (χ4n) is 3.54. The number of carbonyl (C=O) groups is 2. The minimum absolute atomic E-state index is 0.0628. The van der Waals surface area contributed by atoms with Crippen molar-refractivity contribution in [2.75, 3.05) is 18.2 Å².